The summed E-state index contributed by atoms with van der Waals surface area (Å²) in [5.41, 5.74) is 1.35. The molecule has 1 aliphatic heterocycles. The molecule has 134 valence electrons. The van der Waals surface area contributed by atoms with Crippen LogP contribution >= 0.6 is 11.8 Å². The number of nitrogens with zero attached hydrogens (tertiary/aromatic N) is 2. The molecule has 0 radical (unpaired) electrons. The first-order chi connectivity index (χ1) is 12.6. The first kappa shape index (κ1) is 18.0. The third-order valence-electron chi connectivity index (χ3n) is 3.93. The maximum atomic E-state index is 12.7. The van der Waals surface area contributed by atoms with Gasteiger partial charge in [-0.05, 0) is 24.3 Å². The summed E-state index contributed by atoms with van der Waals surface area (Å²) in [4.78, 5) is 30.5. The quantitative estimate of drug-likeness (QED) is 0.509. The fourth-order valence-electron chi connectivity index (χ4n) is 2.68. The third kappa shape index (κ3) is 3.72. The number of carbonyl (C=O) groups excluding carboxylic acids is 2. The Hall–Kier alpha value is -2.80. The minimum atomic E-state index is -0.511. The highest BCUT2D eigenvalue weighted by atomic mass is 32.2. The SMILES string of the molecule is CN=C(Nc1ccccc1OC)S[C@@H]1CC(=O)N(c2ccccc2)C1=O. The summed E-state index contributed by atoms with van der Waals surface area (Å²) in [5.74, 6) is 0.245. The van der Waals surface area contributed by atoms with E-state index in [2.05, 4.69) is 10.3 Å². The van der Waals surface area contributed by atoms with Gasteiger partial charge in [-0.25, -0.2) is 4.90 Å². The van der Waals surface area contributed by atoms with Crippen molar-refractivity contribution in [2.75, 3.05) is 24.4 Å². The smallest absolute Gasteiger partial charge is 0.247 e. The lowest BCUT2D eigenvalue weighted by Crippen LogP contribution is -2.31. The Labute approximate surface area is 156 Å². The Morgan fingerprint density at radius 1 is 1.15 bits per heavy atom. The molecule has 0 saturated carbocycles. The second-order valence-electron chi connectivity index (χ2n) is 5.57. The van der Waals surface area contributed by atoms with E-state index in [1.54, 1.807) is 38.4 Å². The number of para-hydroxylation sites is 3. The number of amidine groups is 1. The topological polar surface area (TPSA) is 71.0 Å². The van der Waals surface area contributed by atoms with Crippen molar-refractivity contribution in [2.24, 2.45) is 4.99 Å². The molecule has 1 aliphatic rings. The Morgan fingerprint density at radius 3 is 2.54 bits per heavy atom. The fraction of sp³-hybridized carbons (Fsp3) is 0.211. The van der Waals surface area contributed by atoms with E-state index in [-0.39, 0.29) is 18.2 Å². The average Bonchev–Trinajstić information content (AvgIpc) is 2.95. The molecule has 3 rings (SSSR count). The van der Waals surface area contributed by atoms with Crippen molar-refractivity contribution in [3.63, 3.8) is 0 Å². The molecule has 2 aromatic rings. The number of hydrogen-bond acceptors (Lipinski definition) is 5. The Balaban J connectivity index is 1.73. The van der Waals surface area contributed by atoms with Gasteiger partial charge in [0.2, 0.25) is 11.8 Å². The zero-order chi connectivity index (χ0) is 18.5. The van der Waals surface area contributed by atoms with Gasteiger partial charge in [0, 0.05) is 13.5 Å². The first-order valence-electron chi connectivity index (χ1n) is 8.09. The van der Waals surface area contributed by atoms with Gasteiger partial charge in [0.25, 0.3) is 0 Å². The molecule has 0 bridgehead atoms. The van der Waals surface area contributed by atoms with Crippen molar-refractivity contribution in [3.8, 4) is 5.75 Å². The van der Waals surface area contributed by atoms with Gasteiger partial charge in [-0.2, -0.15) is 0 Å². The second-order valence-corrected chi connectivity index (χ2v) is 6.76. The molecule has 1 saturated heterocycles. The van der Waals surface area contributed by atoms with Gasteiger partial charge in [-0.15, -0.1) is 0 Å². The molecular formula is C19H19N3O3S. The van der Waals surface area contributed by atoms with E-state index >= 15 is 0 Å². The van der Waals surface area contributed by atoms with E-state index in [0.717, 1.165) is 5.69 Å². The van der Waals surface area contributed by atoms with Gasteiger partial charge in [0.1, 0.15) is 11.0 Å². The maximum absolute atomic E-state index is 12.7. The van der Waals surface area contributed by atoms with E-state index in [0.29, 0.717) is 16.6 Å². The molecule has 7 heteroatoms. The summed E-state index contributed by atoms with van der Waals surface area (Å²) in [5, 5.41) is 3.21. The number of nitrogens with one attached hydrogen (secondary N) is 1. The van der Waals surface area contributed by atoms with Crippen molar-refractivity contribution < 1.29 is 14.3 Å². The molecule has 0 aliphatic carbocycles. The highest BCUT2D eigenvalue weighted by Gasteiger charge is 2.40. The average molecular weight is 369 g/mol. The Kier molecular flexibility index (Phi) is 5.58. The number of imide groups is 1. The van der Waals surface area contributed by atoms with E-state index in [4.69, 9.17) is 4.74 Å². The normalized spacial score (nSPS) is 17.5. The van der Waals surface area contributed by atoms with Crippen molar-refractivity contribution in [2.45, 2.75) is 11.7 Å². The number of amides is 2. The summed E-state index contributed by atoms with van der Waals surface area (Å²) in [7, 11) is 3.23. The minimum Gasteiger partial charge on any atom is -0.495 e. The lowest BCUT2D eigenvalue weighted by Gasteiger charge is -2.16. The van der Waals surface area contributed by atoms with E-state index in [1.807, 2.05) is 30.3 Å². The van der Waals surface area contributed by atoms with E-state index in [9.17, 15) is 9.59 Å². The summed E-state index contributed by atoms with van der Waals surface area (Å²) < 4.78 is 5.32. The molecule has 2 amide bonds. The zero-order valence-corrected chi connectivity index (χ0v) is 15.3. The molecule has 0 aromatic heterocycles. The predicted molar refractivity (Wildman–Crippen MR) is 105 cm³/mol. The number of ether oxygens (including phenoxy) is 1. The van der Waals surface area contributed by atoms with Crippen LogP contribution in [0.2, 0.25) is 0 Å². The number of anilines is 2. The number of carbonyl (C=O) groups is 2. The van der Waals surface area contributed by atoms with Crippen molar-refractivity contribution in [1.29, 1.82) is 0 Å². The molecule has 1 fully saturated rings. The van der Waals surface area contributed by atoms with Crippen LogP contribution in [0, 0.1) is 0 Å². The van der Waals surface area contributed by atoms with Crippen LogP contribution in [0.15, 0.2) is 59.6 Å². The summed E-state index contributed by atoms with van der Waals surface area (Å²) in [6.45, 7) is 0. The van der Waals surface area contributed by atoms with E-state index < -0.39 is 5.25 Å². The standard InChI is InChI=1S/C19H19N3O3S/c1-20-19(21-14-10-6-7-11-15(14)25-2)26-16-12-17(23)22(18(16)24)13-8-4-3-5-9-13/h3-11,16H,12H2,1-2H3,(H,20,21)/t16-/m1/s1. The number of methoxy groups -OCH3 is 1. The van der Waals surface area contributed by atoms with E-state index in [1.165, 1.54) is 16.7 Å². The molecule has 26 heavy (non-hydrogen) atoms. The van der Waals surface area contributed by atoms with Gasteiger partial charge in [0.15, 0.2) is 5.17 Å². The third-order valence-corrected chi connectivity index (χ3v) is 5.09. The molecule has 0 unspecified atom stereocenters. The zero-order valence-electron chi connectivity index (χ0n) is 14.5. The summed E-state index contributed by atoms with van der Waals surface area (Å²) >= 11 is 1.25. The van der Waals surface area contributed by atoms with Gasteiger partial charge in [-0.3, -0.25) is 14.6 Å². The Bertz CT molecular complexity index is 839. The van der Waals surface area contributed by atoms with Crippen LogP contribution in [0.1, 0.15) is 6.42 Å². The highest BCUT2D eigenvalue weighted by molar-refractivity contribution is 8.15. The van der Waals surface area contributed by atoms with Crippen LogP contribution in [0.5, 0.6) is 5.75 Å². The lowest BCUT2D eigenvalue weighted by atomic mass is 10.3. The molecular weight excluding hydrogens is 350 g/mol. The van der Waals surface area contributed by atoms with Crippen molar-refractivity contribution >= 4 is 40.1 Å². The van der Waals surface area contributed by atoms with Crippen LogP contribution in [-0.4, -0.2) is 36.4 Å². The number of thioether (sulfide) groups is 1. The van der Waals surface area contributed by atoms with Crippen LogP contribution in [0.3, 0.4) is 0 Å². The maximum Gasteiger partial charge on any atom is 0.247 e. The van der Waals surface area contributed by atoms with Gasteiger partial charge < -0.3 is 10.1 Å². The first-order valence-corrected chi connectivity index (χ1v) is 8.97. The second kappa shape index (κ2) is 8.05. The monoisotopic (exact) mass is 369 g/mol. The molecule has 2 aromatic carbocycles. The van der Waals surface area contributed by atoms with Crippen LogP contribution in [0.25, 0.3) is 0 Å². The van der Waals surface area contributed by atoms with Crippen LogP contribution in [-0.2, 0) is 9.59 Å². The highest BCUT2D eigenvalue weighted by Crippen LogP contribution is 2.31. The summed E-state index contributed by atoms with van der Waals surface area (Å²) in [6.07, 6.45) is 0.144. The number of benzene rings is 2. The molecule has 1 heterocycles. The minimum absolute atomic E-state index is 0.144. The predicted octanol–water partition coefficient (Wildman–Crippen LogP) is 3.16. The summed E-state index contributed by atoms with van der Waals surface area (Å²) in [6, 6.07) is 16.4. The van der Waals surface area contributed by atoms with Gasteiger partial charge in [0.05, 0.1) is 18.5 Å². The molecule has 0 spiro atoms. The van der Waals surface area contributed by atoms with Crippen molar-refractivity contribution in [1.82, 2.24) is 0 Å². The number of aliphatic imine (C=N–C) groups is 1. The lowest BCUT2D eigenvalue weighted by molar-refractivity contribution is -0.121. The molecule has 6 nitrogen and oxygen atoms in total. The van der Waals surface area contributed by atoms with Gasteiger partial charge in [-0.1, -0.05) is 42.1 Å². The molecule has 1 atom stereocenters. The number of hydrogen-bond donors (Lipinski definition) is 1. The van der Waals surface area contributed by atoms with Crippen LogP contribution < -0.4 is 15.0 Å². The fourth-order valence-corrected chi connectivity index (χ4v) is 3.66. The van der Waals surface area contributed by atoms with Crippen LogP contribution in [0.4, 0.5) is 11.4 Å². The number of rotatable bonds is 4. The largest absolute Gasteiger partial charge is 0.495 e. The Morgan fingerprint density at radius 2 is 1.85 bits per heavy atom. The van der Waals surface area contributed by atoms with Gasteiger partial charge >= 0.3 is 0 Å². The van der Waals surface area contributed by atoms with Crippen molar-refractivity contribution in [3.05, 3.63) is 54.6 Å². The molecule has 1 N–H and O–H groups in total.